The van der Waals surface area contributed by atoms with E-state index in [2.05, 4.69) is 0 Å². The summed E-state index contributed by atoms with van der Waals surface area (Å²) in [6.07, 6.45) is 0.0941. The molecule has 0 unspecified atom stereocenters. The van der Waals surface area contributed by atoms with Crippen LogP contribution in [0, 0.1) is 0 Å². The molecule has 0 bridgehead atoms. The van der Waals surface area contributed by atoms with Crippen molar-refractivity contribution in [2.24, 2.45) is 0 Å². The van der Waals surface area contributed by atoms with E-state index in [0.29, 0.717) is 24.5 Å². The van der Waals surface area contributed by atoms with Crippen LogP contribution >= 0.6 is 0 Å². The monoisotopic (exact) mass is 284 g/mol. The van der Waals surface area contributed by atoms with Gasteiger partial charge in [0, 0.05) is 0 Å². The number of carbonyl (C=O) groups excluding carboxylic acids is 1. The minimum absolute atomic E-state index is 0.0941. The molecule has 1 heterocycles. The molecule has 0 aromatic heterocycles. The molecular weight excluding hydrogens is 268 g/mol. The van der Waals surface area contributed by atoms with E-state index in [0.717, 1.165) is 11.1 Å². The van der Waals surface area contributed by atoms with E-state index in [4.69, 9.17) is 14.2 Å². The summed E-state index contributed by atoms with van der Waals surface area (Å²) >= 11 is 0. The molecule has 0 amide bonds. The largest absolute Gasteiger partial charge is 0.488 e. The van der Waals surface area contributed by atoms with E-state index in [-0.39, 0.29) is 6.10 Å². The van der Waals surface area contributed by atoms with Crippen molar-refractivity contribution in [3.05, 3.63) is 65.2 Å². The van der Waals surface area contributed by atoms with Crippen molar-refractivity contribution in [3.8, 4) is 5.75 Å². The predicted octanol–water partition coefficient (Wildman–Crippen LogP) is 3.12. The van der Waals surface area contributed by atoms with Gasteiger partial charge in [0.05, 0.1) is 13.7 Å². The van der Waals surface area contributed by atoms with Gasteiger partial charge in [0.2, 0.25) is 0 Å². The third kappa shape index (κ3) is 3.23. The van der Waals surface area contributed by atoms with Gasteiger partial charge in [0.1, 0.15) is 24.0 Å². The summed E-state index contributed by atoms with van der Waals surface area (Å²) in [6.45, 7) is 1.11. The predicted molar refractivity (Wildman–Crippen MR) is 77.2 cm³/mol. The quantitative estimate of drug-likeness (QED) is 0.625. The summed E-state index contributed by atoms with van der Waals surface area (Å²) in [5, 5.41) is 0. The molecule has 0 N–H and O–H groups in total. The van der Waals surface area contributed by atoms with Crippen LogP contribution in [0.25, 0.3) is 0 Å². The second-order valence-electron chi connectivity index (χ2n) is 4.84. The Morgan fingerprint density at radius 3 is 2.67 bits per heavy atom. The van der Waals surface area contributed by atoms with Gasteiger partial charge < -0.3 is 14.2 Å². The van der Waals surface area contributed by atoms with E-state index in [1.807, 2.05) is 36.4 Å². The number of hydrogen-bond donors (Lipinski definition) is 0. The maximum atomic E-state index is 11.9. The van der Waals surface area contributed by atoms with Crippen molar-refractivity contribution in [2.45, 2.75) is 12.7 Å². The second kappa shape index (κ2) is 5.97. The molecule has 0 spiro atoms. The normalized spacial score (nSPS) is 16.3. The van der Waals surface area contributed by atoms with Gasteiger partial charge in [-0.05, 0) is 23.3 Å². The molecule has 108 valence electrons. The molecule has 2 aromatic carbocycles. The minimum atomic E-state index is -0.402. The molecule has 1 saturated heterocycles. The van der Waals surface area contributed by atoms with Gasteiger partial charge in [-0.25, -0.2) is 4.79 Å². The van der Waals surface area contributed by atoms with Crippen molar-refractivity contribution in [1.82, 2.24) is 0 Å². The molecule has 3 rings (SSSR count). The standard InChI is InChI=1S/C17H16O4/c1-19-17(18)14-9-13(16-11-21-16)7-8-15(14)20-10-12-5-3-2-4-6-12/h2-9,16H,10-11H2,1H3/t16-/m0/s1. The van der Waals surface area contributed by atoms with E-state index in [9.17, 15) is 4.79 Å². The Morgan fingerprint density at radius 1 is 1.24 bits per heavy atom. The summed E-state index contributed by atoms with van der Waals surface area (Å²) in [4.78, 5) is 11.9. The van der Waals surface area contributed by atoms with E-state index in [1.165, 1.54) is 7.11 Å². The fraction of sp³-hybridized carbons (Fsp3) is 0.235. The molecule has 1 aliphatic heterocycles. The molecule has 4 nitrogen and oxygen atoms in total. The fourth-order valence-corrected chi connectivity index (χ4v) is 2.12. The zero-order chi connectivity index (χ0) is 14.7. The average Bonchev–Trinajstić information content (AvgIpc) is 3.38. The third-order valence-electron chi connectivity index (χ3n) is 3.35. The first-order valence-corrected chi connectivity index (χ1v) is 6.78. The maximum absolute atomic E-state index is 11.9. The average molecular weight is 284 g/mol. The summed E-state index contributed by atoms with van der Waals surface area (Å²) in [5.41, 5.74) is 2.45. The van der Waals surface area contributed by atoms with Crippen LogP contribution in [-0.2, 0) is 16.1 Å². The summed E-state index contributed by atoms with van der Waals surface area (Å²) < 4.78 is 15.8. The molecule has 2 aromatic rings. The molecule has 0 aliphatic carbocycles. The first kappa shape index (κ1) is 13.6. The van der Waals surface area contributed by atoms with Gasteiger partial charge in [0.15, 0.2) is 0 Å². The fourth-order valence-electron chi connectivity index (χ4n) is 2.12. The lowest BCUT2D eigenvalue weighted by Crippen LogP contribution is -2.06. The lowest BCUT2D eigenvalue weighted by Gasteiger charge is -2.11. The minimum Gasteiger partial charge on any atom is -0.488 e. The third-order valence-corrected chi connectivity index (χ3v) is 3.35. The second-order valence-corrected chi connectivity index (χ2v) is 4.84. The van der Waals surface area contributed by atoms with Gasteiger partial charge >= 0.3 is 5.97 Å². The van der Waals surface area contributed by atoms with Crippen LogP contribution in [0.4, 0.5) is 0 Å². The molecule has 1 fully saturated rings. The highest BCUT2D eigenvalue weighted by Crippen LogP contribution is 2.33. The first-order chi connectivity index (χ1) is 10.3. The number of benzene rings is 2. The number of ether oxygens (including phenoxy) is 3. The van der Waals surface area contributed by atoms with Crippen LogP contribution in [0.15, 0.2) is 48.5 Å². The van der Waals surface area contributed by atoms with E-state index >= 15 is 0 Å². The van der Waals surface area contributed by atoms with Crippen molar-refractivity contribution in [1.29, 1.82) is 0 Å². The van der Waals surface area contributed by atoms with E-state index in [1.54, 1.807) is 12.1 Å². The lowest BCUT2D eigenvalue weighted by molar-refractivity contribution is 0.0595. The Morgan fingerprint density at radius 2 is 2.00 bits per heavy atom. The number of carbonyl (C=O) groups is 1. The Balaban J connectivity index is 1.81. The number of rotatable bonds is 5. The molecule has 1 aliphatic rings. The number of methoxy groups -OCH3 is 1. The number of esters is 1. The van der Waals surface area contributed by atoms with Crippen LogP contribution in [0.5, 0.6) is 5.75 Å². The van der Waals surface area contributed by atoms with Crippen LogP contribution < -0.4 is 4.74 Å². The highest BCUT2D eigenvalue weighted by molar-refractivity contribution is 5.92. The van der Waals surface area contributed by atoms with Crippen molar-refractivity contribution < 1.29 is 19.0 Å². The van der Waals surface area contributed by atoms with Crippen molar-refractivity contribution >= 4 is 5.97 Å². The lowest BCUT2D eigenvalue weighted by atomic mass is 10.1. The SMILES string of the molecule is COC(=O)c1cc([C@@H]2CO2)ccc1OCc1ccccc1. The molecule has 4 heteroatoms. The van der Waals surface area contributed by atoms with Crippen LogP contribution in [0.3, 0.4) is 0 Å². The summed E-state index contributed by atoms with van der Waals surface area (Å²) in [7, 11) is 1.36. The Hall–Kier alpha value is -2.33. The van der Waals surface area contributed by atoms with Crippen molar-refractivity contribution in [2.75, 3.05) is 13.7 Å². The highest BCUT2D eigenvalue weighted by Gasteiger charge is 2.26. The summed E-state index contributed by atoms with van der Waals surface area (Å²) in [5.74, 6) is 0.121. The van der Waals surface area contributed by atoms with Crippen LogP contribution in [0.1, 0.15) is 27.6 Å². The molecule has 21 heavy (non-hydrogen) atoms. The van der Waals surface area contributed by atoms with Gasteiger partial charge in [-0.15, -0.1) is 0 Å². The van der Waals surface area contributed by atoms with Gasteiger partial charge in [-0.1, -0.05) is 36.4 Å². The molecule has 1 atom stereocenters. The zero-order valence-electron chi connectivity index (χ0n) is 11.7. The molecule has 0 radical (unpaired) electrons. The van der Waals surface area contributed by atoms with Gasteiger partial charge in [-0.3, -0.25) is 0 Å². The molecular formula is C17H16O4. The Labute approximate surface area is 123 Å². The number of hydrogen-bond acceptors (Lipinski definition) is 4. The smallest absolute Gasteiger partial charge is 0.341 e. The highest BCUT2D eigenvalue weighted by atomic mass is 16.6. The topological polar surface area (TPSA) is 48.1 Å². The maximum Gasteiger partial charge on any atom is 0.341 e. The van der Waals surface area contributed by atoms with E-state index < -0.39 is 5.97 Å². The molecule has 0 saturated carbocycles. The Kier molecular flexibility index (Phi) is 3.88. The van der Waals surface area contributed by atoms with Crippen LogP contribution in [0.2, 0.25) is 0 Å². The van der Waals surface area contributed by atoms with Gasteiger partial charge in [0.25, 0.3) is 0 Å². The number of epoxide rings is 1. The van der Waals surface area contributed by atoms with Gasteiger partial charge in [-0.2, -0.15) is 0 Å². The van der Waals surface area contributed by atoms with Crippen LogP contribution in [-0.4, -0.2) is 19.7 Å². The first-order valence-electron chi connectivity index (χ1n) is 6.78. The van der Waals surface area contributed by atoms with Crippen molar-refractivity contribution in [3.63, 3.8) is 0 Å². The Bertz CT molecular complexity index is 632. The summed E-state index contributed by atoms with van der Waals surface area (Å²) in [6, 6.07) is 15.3. The zero-order valence-corrected chi connectivity index (χ0v) is 11.7.